The molecule has 3 heterocycles. The SMILES string of the molecule is CCc1cc([C@@H]2C3CCC(C[C@@H]2C2CCC(Cl)CC2)N3C)on1. The Hall–Kier alpha value is -0.540. The van der Waals surface area contributed by atoms with Crippen LogP contribution in [0.3, 0.4) is 0 Å². The summed E-state index contributed by atoms with van der Waals surface area (Å²) in [6.07, 6.45) is 9.94. The summed E-state index contributed by atoms with van der Waals surface area (Å²) in [5.41, 5.74) is 1.10. The molecule has 2 aliphatic heterocycles. The lowest BCUT2D eigenvalue weighted by molar-refractivity contribution is 0.0519. The van der Waals surface area contributed by atoms with Crippen LogP contribution in [0.1, 0.15) is 69.2 Å². The molecule has 128 valence electrons. The van der Waals surface area contributed by atoms with Gasteiger partial charge in [-0.3, -0.25) is 4.90 Å². The number of piperidine rings is 1. The third-order valence-corrected chi connectivity index (χ3v) is 7.33. The van der Waals surface area contributed by atoms with E-state index in [9.17, 15) is 0 Å². The number of nitrogens with zero attached hydrogens (tertiary/aromatic N) is 2. The van der Waals surface area contributed by atoms with E-state index in [1.807, 2.05) is 0 Å². The van der Waals surface area contributed by atoms with Crippen molar-refractivity contribution >= 4 is 11.6 Å². The quantitative estimate of drug-likeness (QED) is 0.755. The topological polar surface area (TPSA) is 29.3 Å². The van der Waals surface area contributed by atoms with Gasteiger partial charge in [-0.1, -0.05) is 12.1 Å². The zero-order valence-corrected chi connectivity index (χ0v) is 15.1. The Morgan fingerprint density at radius 3 is 2.70 bits per heavy atom. The summed E-state index contributed by atoms with van der Waals surface area (Å²) >= 11 is 6.35. The van der Waals surface area contributed by atoms with Gasteiger partial charge in [0.15, 0.2) is 0 Å². The molecule has 23 heavy (non-hydrogen) atoms. The summed E-state index contributed by atoms with van der Waals surface area (Å²) in [7, 11) is 2.32. The normalized spacial score (nSPS) is 41.3. The fourth-order valence-corrected chi connectivity index (χ4v) is 5.80. The van der Waals surface area contributed by atoms with Gasteiger partial charge in [-0.25, -0.2) is 0 Å². The third kappa shape index (κ3) is 2.84. The van der Waals surface area contributed by atoms with Crippen LogP contribution in [0.25, 0.3) is 0 Å². The lowest BCUT2D eigenvalue weighted by Gasteiger charge is -2.46. The predicted molar refractivity (Wildman–Crippen MR) is 92.9 cm³/mol. The minimum atomic E-state index is 0.407. The molecule has 0 spiro atoms. The molecule has 1 aromatic heterocycles. The number of likely N-dealkylation sites (N-methyl/N-ethyl adjacent to an activating group) is 1. The summed E-state index contributed by atoms with van der Waals surface area (Å²) < 4.78 is 5.83. The van der Waals surface area contributed by atoms with Crippen LogP contribution in [0.2, 0.25) is 0 Å². The number of rotatable bonds is 3. The maximum atomic E-state index is 6.35. The Morgan fingerprint density at radius 1 is 1.22 bits per heavy atom. The van der Waals surface area contributed by atoms with E-state index in [0.29, 0.717) is 17.3 Å². The molecule has 4 atom stereocenters. The van der Waals surface area contributed by atoms with Crippen molar-refractivity contribution in [1.29, 1.82) is 0 Å². The summed E-state index contributed by atoms with van der Waals surface area (Å²) in [4.78, 5) is 2.63. The predicted octanol–water partition coefficient (Wildman–Crippen LogP) is 4.60. The van der Waals surface area contributed by atoms with Crippen LogP contribution in [0, 0.1) is 11.8 Å². The largest absolute Gasteiger partial charge is 0.361 e. The summed E-state index contributed by atoms with van der Waals surface area (Å²) in [5, 5.41) is 4.70. The van der Waals surface area contributed by atoms with Crippen LogP contribution < -0.4 is 0 Å². The molecule has 3 aliphatic rings. The first-order chi connectivity index (χ1) is 11.2. The van der Waals surface area contributed by atoms with Crippen molar-refractivity contribution in [2.24, 2.45) is 11.8 Å². The van der Waals surface area contributed by atoms with Crippen LogP contribution in [0.15, 0.2) is 10.6 Å². The lowest BCUT2D eigenvalue weighted by Crippen LogP contribution is -2.47. The molecule has 4 rings (SSSR count). The number of hydrogen-bond acceptors (Lipinski definition) is 3. The minimum absolute atomic E-state index is 0.407. The Kier molecular flexibility index (Phi) is 4.44. The highest BCUT2D eigenvalue weighted by Crippen LogP contribution is 2.52. The van der Waals surface area contributed by atoms with Crippen molar-refractivity contribution in [3.63, 3.8) is 0 Å². The number of alkyl halides is 1. The van der Waals surface area contributed by atoms with Gasteiger partial charge in [-0.2, -0.15) is 0 Å². The molecule has 2 bridgehead atoms. The van der Waals surface area contributed by atoms with Gasteiger partial charge in [0.25, 0.3) is 0 Å². The third-order valence-electron chi connectivity index (χ3n) is 6.89. The van der Waals surface area contributed by atoms with E-state index in [1.54, 1.807) is 0 Å². The van der Waals surface area contributed by atoms with Gasteiger partial charge in [0, 0.05) is 29.4 Å². The second-order valence-electron chi connectivity index (χ2n) is 7.98. The van der Waals surface area contributed by atoms with Gasteiger partial charge in [-0.05, 0) is 70.3 Å². The summed E-state index contributed by atoms with van der Waals surface area (Å²) in [5.74, 6) is 3.26. The second kappa shape index (κ2) is 6.40. The molecule has 2 saturated heterocycles. The average Bonchev–Trinajstić information content (AvgIpc) is 3.11. The average molecular weight is 337 g/mol. The van der Waals surface area contributed by atoms with E-state index in [-0.39, 0.29) is 0 Å². The van der Waals surface area contributed by atoms with E-state index in [0.717, 1.165) is 35.8 Å². The number of hydrogen-bond donors (Lipinski definition) is 0. The standard InChI is InChI=1S/C19H29ClN2O/c1-3-14-10-18(23-21-14)19-16(12-4-6-13(20)7-5-12)11-15-8-9-17(19)22(15)2/h10,12-13,15-17,19H,3-9,11H2,1-2H3/t12?,13?,15?,16-,17?,19+/m1/s1. The molecule has 4 heteroatoms. The Morgan fingerprint density at radius 2 is 2.00 bits per heavy atom. The van der Waals surface area contributed by atoms with E-state index >= 15 is 0 Å². The van der Waals surface area contributed by atoms with Crippen LogP contribution in [0.4, 0.5) is 0 Å². The van der Waals surface area contributed by atoms with E-state index in [4.69, 9.17) is 16.1 Å². The highest BCUT2D eigenvalue weighted by molar-refractivity contribution is 6.20. The first-order valence-electron chi connectivity index (χ1n) is 9.48. The molecular weight excluding hydrogens is 308 g/mol. The Labute approximate surface area is 144 Å². The van der Waals surface area contributed by atoms with Crippen molar-refractivity contribution in [3.8, 4) is 0 Å². The fraction of sp³-hybridized carbons (Fsp3) is 0.842. The number of aryl methyl sites for hydroxylation is 1. The highest BCUT2D eigenvalue weighted by atomic mass is 35.5. The first kappa shape index (κ1) is 16.0. The van der Waals surface area contributed by atoms with Gasteiger partial charge >= 0.3 is 0 Å². The smallest absolute Gasteiger partial charge is 0.141 e. The van der Waals surface area contributed by atoms with Gasteiger partial charge in [0.05, 0.1) is 5.69 Å². The van der Waals surface area contributed by atoms with Gasteiger partial charge in [-0.15, -0.1) is 11.6 Å². The van der Waals surface area contributed by atoms with Crippen LogP contribution >= 0.6 is 11.6 Å². The zero-order chi connectivity index (χ0) is 16.0. The maximum Gasteiger partial charge on any atom is 0.141 e. The molecule has 2 unspecified atom stereocenters. The van der Waals surface area contributed by atoms with Gasteiger partial charge in [0.2, 0.25) is 0 Å². The van der Waals surface area contributed by atoms with Crippen LogP contribution in [-0.4, -0.2) is 34.6 Å². The molecule has 1 aliphatic carbocycles. The zero-order valence-electron chi connectivity index (χ0n) is 14.4. The van der Waals surface area contributed by atoms with Crippen LogP contribution in [0.5, 0.6) is 0 Å². The summed E-state index contributed by atoms with van der Waals surface area (Å²) in [6, 6.07) is 3.66. The molecule has 3 nitrogen and oxygen atoms in total. The molecule has 3 fully saturated rings. The molecule has 0 radical (unpaired) electrons. The monoisotopic (exact) mass is 336 g/mol. The van der Waals surface area contributed by atoms with Gasteiger partial charge < -0.3 is 4.52 Å². The van der Waals surface area contributed by atoms with E-state index in [2.05, 4.69) is 30.1 Å². The van der Waals surface area contributed by atoms with Crippen molar-refractivity contribution < 1.29 is 4.52 Å². The first-order valence-corrected chi connectivity index (χ1v) is 9.92. The van der Waals surface area contributed by atoms with Crippen molar-refractivity contribution in [2.45, 2.75) is 81.7 Å². The fourth-order valence-electron chi connectivity index (χ4n) is 5.55. The van der Waals surface area contributed by atoms with Crippen molar-refractivity contribution in [3.05, 3.63) is 17.5 Å². The number of fused-ring (bicyclic) bond motifs is 2. The molecular formula is C19H29ClN2O. The van der Waals surface area contributed by atoms with E-state index < -0.39 is 0 Å². The molecule has 0 N–H and O–H groups in total. The molecule has 1 aromatic rings. The Bertz CT molecular complexity index is 537. The minimum Gasteiger partial charge on any atom is -0.361 e. The maximum absolute atomic E-state index is 6.35. The van der Waals surface area contributed by atoms with Crippen molar-refractivity contribution in [2.75, 3.05) is 7.05 Å². The highest BCUT2D eigenvalue weighted by Gasteiger charge is 2.49. The second-order valence-corrected chi connectivity index (χ2v) is 8.59. The van der Waals surface area contributed by atoms with Crippen molar-refractivity contribution in [1.82, 2.24) is 10.1 Å². The summed E-state index contributed by atoms with van der Waals surface area (Å²) in [6.45, 7) is 2.15. The lowest BCUT2D eigenvalue weighted by atomic mass is 9.67. The number of aromatic nitrogens is 1. The Balaban J connectivity index is 1.62. The molecule has 1 saturated carbocycles. The van der Waals surface area contributed by atoms with E-state index in [1.165, 1.54) is 44.9 Å². The number of halogens is 1. The molecule has 0 aromatic carbocycles. The van der Waals surface area contributed by atoms with Crippen LogP contribution in [-0.2, 0) is 6.42 Å². The molecule has 0 amide bonds. The van der Waals surface area contributed by atoms with Gasteiger partial charge in [0.1, 0.15) is 5.76 Å².